The molecule has 0 radical (unpaired) electrons. The van der Waals surface area contributed by atoms with Crippen molar-refractivity contribution in [3.05, 3.63) is 46.4 Å². The maximum Gasteiger partial charge on any atom is 0.251 e. The van der Waals surface area contributed by atoms with Gasteiger partial charge in [-0.05, 0) is 66.4 Å². The number of amides is 1. The Hall–Kier alpha value is -1.39. The van der Waals surface area contributed by atoms with Crippen LogP contribution in [0, 0.1) is 5.41 Å². The van der Waals surface area contributed by atoms with Gasteiger partial charge in [-0.3, -0.25) is 4.79 Å². The summed E-state index contributed by atoms with van der Waals surface area (Å²) in [6.45, 7) is 5.08. The number of rotatable bonds is 3. The van der Waals surface area contributed by atoms with E-state index in [-0.39, 0.29) is 11.3 Å². The number of benzene rings is 2. The van der Waals surface area contributed by atoms with Crippen LogP contribution >= 0.6 is 15.9 Å². The summed E-state index contributed by atoms with van der Waals surface area (Å²) in [4.78, 5) is 12.4. The Morgan fingerprint density at radius 3 is 2.64 bits per heavy atom. The zero-order valence-electron chi connectivity index (χ0n) is 12.8. The Bertz CT molecular complexity index is 693. The summed E-state index contributed by atoms with van der Waals surface area (Å²) >= 11 is 3.47. The van der Waals surface area contributed by atoms with Crippen LogP contribution in [-0.4, -0.2) is 25.5 Å². The van der Waals surface area contributed by atoms with Crippen molar-refractivity contribution < 1.29 is 4.79 Å². The molecule has 1 heterocycles. The lowest BCUT2D eigenvalue weighted by Crippen LogP contribution is -2.42. The molecule has 3 rings (SSSR count). The van der Waals surface area contributed by atoms with Gasteiger partial charge in [-0.1, -0.05) is 35.0 Å². The summed E-state index contributed by atoms with van der Waals surface area (Å²) in [6, 6.07) is 12.0. The largest absolute Gasteiger partial charge is 0.351 e. The molecule has 3 nitrogen and oxygen atoms in total. The third-order valence-corrected chi connectivity index (χ3v) is 5.04. The van der Waals surface area contributed by atoms with Crippen LogP contribution in [0.1, 0.15) is 30.1 Å². The predicted octanol–water partition coefficient (Wildman–Crippen LogP) is 3.72. The normalized spacial score (nSPS) is 17.4. The van der Waals surface area contributed by atoms with Crippen molar-refractivity contribution in [3.8, 4) is 0 Å². The highest BCUT2D eigenvalue weighted by Gasteiger charge is 2.27. The van der Waals surface area contributed by atoms with E-state index in [9.17, 15) is 4.79 Å². The summed E-state index contributed by atoms with van der Waals surface area (Å²) in [5, 5.41) is 8.70. The minimum Gasteiger partial charge on any atom is -0.351 e. The van der Waals surface area contributed by atoms with Gasteiger partial charge >= 0.3 is 0 Å². The van der Waals surface area contributed by atoms with Crippen molar-refractivity contribution in [1.82, 2.24) is 10.6 Å². The molecule has 1 fully saturated rings. The Morgan fingerprint density at radius 2 is 1.86 bits per heavy atom. The number of piperidine rings is 1. The Kier molecular flexibility index (Phi) is 4.50. The van der Waals surface area contributed by atoms with E-state index < -0.39 is 0 Å². The van der Waals surface area contributed by atoms with Crippen LogP contribution < -0.4 is 10.6 Å². The molecule has 0 atom stereocenters. The smallest absolute Gasteiger partial charge is 0.251 e. The molecular weight excluding hydrogens is 340 g/mol. The minimum atomic E-state index is 0.0181. The molecule has 116 valence electrons. The minimum absolute atomic E-state index is 0.0181. The van der Waals surface area contributed by atoms with Crippen molar-refractivity contribution >= 4 is 32.6 Å². The molecular formula is C18H21BrN2O. The first-order valence-electron chi connectivity index (χ1n) is 7.74. The fourth-order valence-electron chi connectivity index (χ4n) is 2.96. The van der Waals surface area contributed by atoms with Crippen molar-refractivity contribution in [3.63, 3.8) is 0 Å². The lowest BCUT2D eigenvalue weighted by molar-refractivity contribution is 0.0922. The van der Waals surface area contributed by atoms with Crippen LogP contribution in [0.5, 0.6) is 0 Å². The number of carbonyl (C=O) groups excluding carboxylic acids is 1. The number of halogens is 1. The molecule has 0 aromatic heterocycles. The zero-order chi connectivity index (χ0) is 15.6. The van der Waals surface area contributed by atoms with Gasteiger partial charge in [0.15, 0.2) is 0 Å². The first kappa shape index (κ1) is 15.5. The highest BCUT2D eigenvalue weighted by Crippen LogP contribution is 2.27. The van der Waals surface area contributed by atoms with Gasteiger partial charge in [-0.25, -0.2) is 0 Å². The molecule has 0 bridgehead atoms. The highest BCUT2D eigenvalue weighted by molar-refractivity contribution is 9.10. The molecule has 0 unspecified atom stereocenters. The molecule has 4 heteroatoms. The number of fused-ring (bicyclic) bond motifs is 1. The van der Waals surface area contributed by atoms with E-state index in [0.717, 1.165) is 53.3 Å². The van der Waals surface area contributed by atoms with E-state index >= 15 is 0 Å². The third-order valence-electron chi connectivity index (χ3n) is 4.55. The monoisotopic (exact) mass is 360 g/mol. The van der Waals surface area contributed by atoms with Gasteiger partial charge in [0.25, 0.3) is 5.91 Å². The van der Waals surface area contributed by atoms with Gasteiger partial charge in [0.05, 0.1) is 0 Å². The van der Waals surface area contributed by atoms with Gasteiger partial charge in [0, 0.05) is 16.6 Å². The van der Waals surface area contributed by atoms with Gasteiger partial charge in [0.1, 0.15) is 0 Å². The average Bonchev–Trinajstić information content (AvgIpc) is 2.53. The summed E-state index contributed by atoms with van der Waals surface area (Å²) in [5.41, 5.74) is 0.940. The molecule has 1 aliphatic rings. The van der Waals surface area contributed by atoms with Crippen LogP contribution in [0.3, 0.4) is 0 Å². The van der Waals surface area contributed by atoms with Gasteiger partial charge in [-0.2, -0.15) is 0 Å². The van der Waals surface area contributed by atoms with Crippen LogP contribution in [0.15, 0.2) is 40.9 Å². The van der Waals surface area contributed by atoms with Crippen LogP contribution in [0.25, 0.3) is 10.8 Å². The molecule has 2 aromatic rings. The molecule has 0 aliphatic carbocycles. The van der Waals surface area contributed by atoms with Gasteiger partial charge < -0.3 is 10.6 Å². The molecule has 22 heavy (non-hydrogen) atoms. The zero-order valence-corrected chi connectivity index (χ0v) is 14.4. The fraction of sp³-hybridized carbons (Fsp3) is 0.389. The second-order valence-electron chi connectivity index (χ2n) is 6.45. The van der Waals surface area contributed by atoms with E-state index in [2.05, 4.69) is 39.6 Å². The second kappa shape index (κ2) is 6.39. The molecule has 1 aliphatic heterocycles. The summed E-state index contributed by atoms with van der Waals surface area (Å²) in [5.74, 6) is 0.0181. The first-order chi connectivity index (χ1) is 10.6. The fourth-order valence-corrected chi connectivity index (χ4v) is 3.34. The Labute approximate surface area is 139 Å². The lowest BCUT2D eigenvalue weighted by Gasteiger charge is -2.34. The Morgan fingerprint density at radius 1 is 1.18 bits per heavy atom. The van der Waals surface area contributed by atoms with Crippen molar-refractivity contribution in [2.45, 2.75) is 19.8 Å². The lowest BCUT2D eigenvalue weighted by atomic mass is 9.81. The summed E-state index contributed by atoms with van der Waals surface area (Å²) in [7, 11) is 0. The summed E-state index contributed by atoms with van der Waals surface area (Å²) in [6.07, 6.45) is 2.22. The maximum atomic E-state index is 12.4. The molecule has 2 N–H and O–H groups in total. The predicted molar refractivity (Wildman–Crippen MR) is 94.2 cm³/mol. The van der Waals surface area contributed by atoms with E-state index in [4.69, 9.17) is 0 Å². The molecule has 1 amide bonds. The highest BCUT2D eigenvalue weighted by atomic mass is 79.9. The van der Waals surface area contributed by atoms with Gasteiger partial charge in [0.2, 0.25) is 0 Å². The number of hydrogen-bond acceptors (Lipinski definition) is 2. The average molecular weight is 361 g/mol. The van der Waals surface area contributed by atoms with E-state index in [1.54, 1.807) is 0 Å². The van der Waals surface area contributed by atoms with Crippen LogP contribution in [0.2, 0.25) is 0 Å². The van der Waals surface area contributed by atoms with E-state index in [1.807, 2.05) is 30.3 Å². The quantitative estimate of drug-likeness (QED) is 0.875. The third kappa shape index (κ3) is 3.50. The number of hydrogen-bond donors (Lipinski definition) is 2. The first-order valence-corrected chi connectivity index (χ1v) is 8.53. The molecule has 2 aromatic carbocycles. The number of carbonyl (C=O) groups is 1. The standard InChI is InChI=1S/C18H21BrN2O/c1-18(6-8-20-9-7-18)12-21-17(22)15-3-2-14-11-16(19)5-4-13(14)10-15/h2-5,10-11,20H,6-9,12H2,1H3,(H,21,22). The van der Waals surface area contributed by atoms with Crippen LogP contribution in [0.4, 0.5) is 0 Å². The Balaban J connectivity index is 1.70. The van der Waals surface area contributed by atoms with E-state index in [0.29, 0.717) is 0 Å². The van der Waals surface area contributed by atoms with Crippen molar-refractivity contribution in [1.29, 1.82) is 0 Å². The maximum absolute atomic E-state index is 12.4. The molecule has 1 saturated heterocycles. The molecule has 0 saturated carbocycles. The molecule has 0 spiro atoms. The van der Waals surface area contributed by atoms with Gasteiger partial charge in [-0.15, -0.1) is 0 Å². The van der Waals surface area contributed by atoms with Crippen LogP contribution in [-0.2, 0) is 0 Å². The van der Waals surface area contributed by atoms with Crippen molar-refractivity contribution in [2.75, 3.05) is 19.6 Å². The number of nitrogens with one attached hydrogen (secondary N) is 2. The second-order valence-corrected chi connectivity index (χ2v) is 7.37. The topological polar surface area (TPSA) is 41.1 Å². The SMILES string of the molecule is CC1(CNC(=O)c2ccc3cc(Br)ccc3c2)CCNCC1. The van der Waals surface area contributed by atoms with E-state index in [1.165, 1.54) is 0 Å². The van der Waals surface area contributed by atoms with Crippen molar-refractivity contribution in [2.24, 2.45) is 5.41 Å². The summed E-state index contributed by atoms with van der Waals surface area (Å²) < 4.78 is 1.05.